The van der Waals surface area contributed by atoms with Gasteiger partial charge < -0.3 is 15.2 Å². The van der Waals surface area contributed by atoms with Crippen LogP contribution in [0.5, 0.6) is 5.75 Å². The lowest BCUT2D eigenvalue weighted by Crippen LogP contribution is -2.26. The lowest BCUT2D eigenvalue weighted by atomic mass is 10.2. The Balaban J connectivity index is 1.58. The van der Waals surface area contributed by atoms with Crippen molar-refractivity contribution in [3.8, 4) is 17.1 Å². The van der Waals surface area contributed by atoms with Gasteiger partial charge in [0, 0.05) is 36.3 Å². The third-order valence-electron chi connectivity index (χ3n) is 3.50. The van der Waals surface area contributed by atoms with Gasteiger partial charge in [-0.3, -0.25) is 4.98 Å². The maximum atomic E-state index is 10.1. The van der Waals surface area contributed by atoms with Crippen LogP contribution in [-0.4, -0.2) is 39.3 Å². The van der Waals surface area contributed by atoms with Crippen LogP contribution in [0, 0.1) is 6.92 Å². The largest absolute Gasteiger partial charge is 0.491 e. The Bertz CT molecular complexity index is 797. The third-order valence-corrected chi connectivity index (χ3v) is 3.50. The van der Waals surface area contributed by atoms with E-state index >= 15 is 0 Å². The minimum atomic E-state index is -0.653. The third kappa shape index (κ3) is 4.99. The van der Waals surface area contributed by atoms with Gasteiger partial charge in [-0.05, 0) is 31.2 Å². The minimum absolute atomic E-state index is 0.207. The smallest absolute Gasteiger partial charge is 0.161 e. The van der Waals surface area contributed by atoms with Gasteiger partial charge >= 0.3 is 0 Å². The Labute approximate surface area is 146 Å². The highest BCUT2D eigenvalue weighted by molar-refractivity contribution is 5.56. The molecule has 0 saturated heterocycles. The molecular weight excluding hydrogens is 316 g/mol. The number of pyridine rings is 1. The molecule has 0 aliphatic heterocycles. The second-order valence-electron chi connectivity index (χ2n) is 5.61. The molecule has 6 heteroatoms. The summed E-state index contributed by atoms with van der Waals surface area (Å²) in [6, 6.07) is 15.0. The van der Waals surface area contributed by atoms with Crippen LogP contribution in [0.4, 0.5) is 5.82 Å². The normalized spacial score (nSPS) is 11.8. The van der Waals surface area contributed by atoms with Crippen LogP contribution < -0.4 is 10.1 Å². The van der Waals surface area contributed by atoms with Crippen molar-refractivity contribution in [1.29, 1.82) is 0 Å². The molecule has 1 aromatic carbocycles. The average molecular weight is 336 g/mol. The Kier molecular flexibility index (Phi) is 5.53. The number of benzene rings is 1. The molecule has 3 rings (SSSR count). The average Bonchev–Trinajstić information content (AvgIpc) is 2.66. The molecule has 0 aliphatic rings. The minimum Gasteiger partial charge on any atom is -0.491 e. The van der Waals surface area contributed by atoms with Crippen molar-refractivity contribution in [2.45, 2.75) is 13.0 Å². The van der Waals surface area contributed by atoms with E-state index in [0.717, 1.165) is 17.0 Å². The van der Waals surface area contributed by atoms with Crippen molar-refractivity contribution >= 4 is 5.82 Å². The number of hydrogen-bond donors (Lipinski definition) is 2. The van der Waals surface area contributed by atoms with Crippen LogP contribution in [0.15, 0.2) is 60.9 Å². The number of hydrogen-bond acceptors (Lipinski definition) is 6. The van der Waals surface area contributed by atoms with Gasteiger partial charge in [-0.15, -0.1) is 0 Å². The molecule has 0 spiro atoms. The van der Waals surface area contributed by atoms with Crippen LogP contribution in [-0.2, 0) is 0 Å². The Hall–Kier alpha value is -2.99. The van der Waals surface area contributed by atoms with Gasteiger partial charge in [0.2, 0.25) is 0 Å². The van der Waals surface area contributed by atoms with Crippen LogP contribution in [0.2, 0.25) is 0 Å². The summed E-state index contributed by atoms with van der Waals surface area (Å²) in [4.78, 5) is 12.9. The predicted octanol–water partition coefficient (Wildman–Crippen LogP) is 2.70. The molecule has 1 unspecified atom stereocenters. The molecule has 0 fully saturated rings. The summed E-state index contributed by atoms with van der Waals surface area (Å²) in [6.07, 6.45) is 2.76. The number of aliphatic hydroxyl groups excluding tert-OH is 1. The van der Waals surface area contributed by atoms with Crippen LogP contribution >= 0.6 is 0 Å². The zero-order valence-corrected chi connectivity index (χ0v) is 14.0. The lowest BCUT2D eigenvalue weighted by molar-refractivity contribution is 0.117. The summed E-state index contributed by atoms with van der Waals surface area (Å²) in [7, 11) is 0. The molecule has 1 atom stereocenters. The highest BCUT2D eigenvalue weighted by atomic mass is 16.5. The van der Waals surface area contributed by atoms with Crippen molar-refractivity contribution in [2.75, 3.05) is 18.5 Å². The predicted molar refractivity (Wildman–Crippen MR) is 96.4 cm³/mol. The summed E-state index contributed by atoms with van der Waals surface area (Å²) < 4.78 is 5.54. The van der Waals surface area contributed by atoms with E-state index in [0.29, 0.717) is 18.2 Å². The fourth-order valence-corrected chi connectivity index (χ4v) is 2.28. The van der Waals surface area contributed by atoms with Crippen molar-refractivity contribution < 1.29 is 9.84 Å². The lowest BCUT2D eigenvalue weighted by Gasteiger charge is -2.14. The Morgan fingerprint density at radius 1 is 1.08 bits per heavy atom. The zero-order chi connectivity index (χ0) is 17.5. The van der Waals surface area contributed by atoms with E-state index in [1.54, 1.807) is 12.4 Å². The number of para-hydroxylation sites is 1. The van der Waals surface area contributed by atoms with Gasteiger partial charge in [-0.25, -0.2) is 9.97 Å². The van der Waals surface area contributed by atoms with Crippen LogP contribution in [0.25, 0.3) is 11.4 Å². The van der Waals surface area contributed by atoms with E-state index in [1.807, 2.05) is 55.5 Å². The number of aliphatic hydroxyl groups is 1. The molecule has 2 aromatic heterocycles. The Morgan fingerprint density at radius 2 is 1.84 bits per heavy atom. The van der Waals surface area contributed by atoms with Crippen molar-refractivity contribution in [1.82, 2.24) is 15.0 Å². The summed E-state index contributed by atoms with van der Waals surface area (Å²) in [5, 5.41) is 13.2. The molecule has 2 heterocycles. The monoisotopic (exact) mass is 336 g/mol. The first kappa shape index (κ1) is 16.9. The molecular formula is C19H20N4O2. The fraction of sp³-hybridized carbons (Fsp3) is 0.211. The molecule has 0 aliphatic carbocycles. The van der Waals surface area contributed by atoms with Crippen molar-refractivity contribution in [2.24, 2.45) is 0 Å². The first-order valence-electron chi connectivity index (χ1n) is 8.06. The SMILES string of the molecule is Cc1cc(NCC(O)COc2ccccc2)nc(-c2ccncc2)n1. The number of aromatic nitrogens is 3. The summed E-state index contributed by atoms with van der Waals surface area (Å²) in [6.45, 7) is 2.45. The molecule has 0 saturated carbocycles. The maximum Gasteiger partial charge on any atom is 0.161 e. The number of rotatable bonds is 7. The molecule has 128 valence electrons. The standard InChI is InChI=1S/C19H20N4O2/c1-14-11-18(23-19(22-14)15-7-9-20-10-8-15)21-12-16(24)13-25-17-5-3-2-4-6-17/h2-11,16,24H,12-13H2,1H3,(H,21,22,23). The van der Waals surface area contributed by atoms with E-state index < -0.39 is 6.10 Å². The second-order valence-corrected chi connectivity index (χ2v) is 5.61. The molecule has 25 heavy (non-hydrogen) atoms. The van der Waals surface area contributed by atoms with Gasteiger partial charge in [0.15, 0.2) is 5.82 Å². The first-order chi connectivity index (χ1) is 12.2. The molecule has 2 N–H and O–H groups in total. The first-order valence-corrected chi connectivity index (χ1v) is 8.06. The highest BCUT2D eigenvalue weighted by Crippen LogP contribution is 2.17. The van der Waals surface area contributed by atoms with E-state index in [9.17, 15) is 5.11 Å². The molecule has 0 bridgehead atoms. The van der Waals surface area contributed by atoms with Crippen molar-refractivity contribution in [3.63, 3.8) is 0 Å². The number of nitrogens with zero attached hydrogens (tertiary/aromatic N) is 3. The molecule has 6 nitrogen and oxygen atoms in total. The summed E-state index contributed by atoms with van der Waals surface area (Å²) in [5.74, 6) is 2.03. The van der Waals surface area contributed by atoms with Gasteiger partial charge in [0.1, 0.15) is 24.3 Å². The van der Waals surface area contributed by atoms with Gasteiger partial charge in [0.25, 0.3) is 0 Å². The molecule has 0 amide bonds. The highest BCUT2D eigenvalue weighted by Gasteiger charge is 2.08. The molecule has 3 aromatic rings. The number of ether oxygens (including phenoxy) is 1. The van der Waals surface area contributed by atoms with Gasteiger partial charge in [-0.1, -0.05) is 18.2 Å². The molecule has 0 radical (unpaired) electrons. The number of nitrogens with one attached hydrogen (secondary N) is 1. The number of aryl methyl sites for hydroxylation is 1. The van der Waals surface area contributed by atoms with Gasteiger partial charge in [0.05, 0.1) is 0 Å². The van der Waals surface area contributed by atoms with E-state index in [2.05, 4.69) is 20.3 Å². The second kappa shape index (κ2) is 8.21. The quantitative estimate of drug-likeness (QED) is 0.690. The van der Waals surface area contributed by atoms with Gasteiger partial charge in [-0.2, -0.15) is 0 Å². The van der Waals surface area contributed by atoms with Crippen LogP contribution in [0.1, 0.15) is 5.69 Å². The maximum absolute atomic E-state index is 10.1. The van der Waals surface area contributed by atoms with E-state index in [4.69, 9.17) is 4.74 Å². The van der Waals surface area contributed by atoms with Crippen molar-refractivity contribution in [3.05, 3.63) is 66.6 Å². The van der Waals surface area contributed by atoms with E-state index in [-0.39, 0.29) is 6.61 Å². The zero-order valence-electron chi connectivity index (χ0n) is 14.0. The Morgan fingerprint density at radius 3 is 2.60 bits per heavy atom. The van der Waals surface area contributed by atoms with Crippen LogP contribution in [0.3, 0.4) is 0 Å². The summed E-state index contributed by atoms with van der Waals surface area (Å²) >= 11 is 0. The number of anilines is 1. The fourth-order valence-electron chi connectivity index (χ4n) is 2.28. The topological polar surface area (TPSA) is 80.2 Å². The van der Waals surface area contributed by atoms with E-state index in [1.165, 1.54) is 0 Å². The summed E-state index contributed by atoms with van der Waals surface area (Å²) in [5.41, 5.74) is 1.74.